The van der Waals surface area contributed by atoms with Crippen LogP contribution in [0.3, 0.4) is 0 Å². The van der Waals surface area contributed by atoms with Crippen molar-refractivity contribution in [2.75, 3.05) is 0 Å². The van der Waals surface area contributed by atoms with Crippen LogP contribution in [-0.2, 0) is 4.79 Å². The number of benzene rings is 1. The lowest BCUT2D eigenvalue weighted by Crippen LogP contribution is -2.33. The summed E-state index contributed by atoms with van der Waals surface area (Å²) in [6, 6.07) is 4.77. The molecule has 0 radical (unpaired) electrons. The van der Waals surface area contributed by atoms with Gasteiger partial charge in [0.1, 0.15) is 5.75 Å². The van der Waals surface area contributed by atoms with E-state index in [0.29, 0.717) is 22.8 Å². The van der Waals surface area contributed by atoms with Crippen LogP contribution < -0.4 is 10.1 Å². The maximum absolute atomic E-state index is 12.4. The van der Waals surface area contributed by atoms with E-state index in [1.165, 1.54) is 0 Å². The molecule has 1 aliphatic carbocycles. The van der Waals surface area contributed by atoms with Crippen molar-refractivity contribution in [3.8, 4) is 5.75 Å². The van der Waals surface area contributed by atoms with Gasteiger partial charge in [-0.3, -0.25) is 9.59 Å². The summed E-state index contributed by atoms with van der Waals surface area (Å²) in [7, 11) is 0. The van der Waals surface area contributed by atoms with Gasteiger partial charge in [0.25, 0.3) is 5.91 Å². The standard InChI is InChI=1S/C17H22ClNO4/c1-11(6-9-16(20)21)19-17(22)14-10-12(18)7-8-15(14)23-13-4-2-3-5-13/h7-8,10-11,13H,2-6,9H2,1H3,(H,19,22)(H,20,21). The highest BCUT2D eigenvalue weighted by Crippen LogP contribution is 2.28. The van der Waals surface area contributed by atoms with Gasteiger partial charge >= 0.3 is 5.97 Å². The predicted octanol–water partition coefficient (Wildman–Crippen LogP) is 3.64. The number of halogens is 1. The van der Waals surface area contributed by atoms with E-state index in [-0.39, 0.29) is 24.5 Å². The Hall–Kier alpha value is -1.75. The SMILES string of the molecule is CC(CCC(=O)O)NC(=O)c1cc(Cl)ccc1OC1CCCC1. The second-order valence-corrected chi connectivity index (χ2v) is 6.41. The third kappa shape index (κ3) is 5.43. The second-order valence-electron chi connectivity index (χ2n) is 5.97. The first-order valence-corrected chi connectivity index (χ1v) is 8.32. The molecule has 1 amide bonds. The van der Waals surface area contributed by atoms with Crippen molar-refractivity contribution >= 4 is 23.5 Å². The van der Waals surface area contributed by atoms with E-state index in [9.17, 15) is 9.59 Å². The number of carbonyl (C=O) groups excluding carboxylic acids is 1. The van der Waals surface area contributed by atoms with Gasteiger partial charge in [-0.15, -0.1) is 0 Å². The molecule has 6 heteroatoms. The molecule has 0 spiro atoms. The summed E-state index contributed by atoms with van der Waals surface area (Å²) in [5.41, 5.74) is 0.395. The van der Waals surface area contributed by atoms with Gasteiger partial charge in [-0.25, -0.2) is 0 Å². The fourth-order valence-corrected chi connectivity index (χ4v) is 2.85. The normalized spacial score (nSPS) is 16.1. The molecule has 23 heavy (non-hydrogen) atoms. The molecule has 0 aliphatic heterocycles. The molecule has 126 valence electrons. The third-order valence-electron chi connectivity index (χ3n) is 3.95. The smallest absolute Gasteiger partial charge is 0.303 e. The maximum Gasteiger partial charge on any atom is 0.303 e. The largest absolute Gasteiger partial charge is 0.490 e. The monoisotopic (exact) mass is 339 g/mol. The van der Waals surface area contributed by atoms with Crippen LogP contribution in [0.4, 0.5) is 0 Å². The van der Waals surface area contributed by atoms with Gasteiger partial charge in [0.2, 0.25) is 0 Å². The molecule has 5 nitrogen and oxygen atoms in total. The molecule has 0 aromatic heterocycles. The molecule has 0 saturated heterocycles. The average Bonchev–Trinajstić information content (AvgIpc) is 3.00. The van der Waals surface area contributed by atoms with E-state index < -0.39 is 5.97 Å². The van der Waals surface area contributed by atoms with E-state index in [4.69, 9.17) is 21.4 Å². The lowest BCUT2D eigenvalue weighted by Gasteiger charge is -2.18. The zero-order chi connectivity index (χ0) is 16.8. The van der Waals surface area contributed by atoms with E-state index >= 15 is 0 Å². The van der Waals surface area contributed by atoms with Crippen LogP contribution in [-0.4, -0.2) is 29.1 Å². The minimum atomic E-state index is -0.876. The number of rotatable bonds is 7. The minimum Gasteiger partial charge on any atom is -0.490 e. The summed E-state index contributed by atoms with van der Waals surface area (Å²) < 4.78 is 5.95. The molecule has 1 fully saturated rings. The molecule has 2 rings (SSSR count). The lowest BCUT2D eigenvalue weighted by molar-refractivity contribution is -0.137. The van der Waals surface area contributed by atoms with Crippen LogP contribution in [0.1, 0.15) is 55.8 Å². The fourth-order valence-electron chi connectivity index (χ4n) is 2.68. The van der Waals surface area contributed by atoms with Gasteiger partial charge in [0, 0.05) is 17.5 Å². The summed E-state index contributed by atoms with van der Waals surface area (Å²) in [6.07, 6.45) is 4.82. The number of aliphatic carboxylic acids is 1. The molecule has 1 atom stereocenters. The zero-order valence-electron chi connectivity index (χ0n) is 13.2. The maximum atomic E-state index is 12.4. The fraction of sp³-hybridized carbons (Fsp3) is 0.529. The van der Waals surface area contributed by atoms with Gasteiger partial charge in [0.15, 0.2) is 0 Å². The zero-order valence-corrected chi connectivity index (χ0v) is 13.9. The molecule has 1 saturated carbocycles. The molecular formula is C17H22ClNO4. The number of hydrogen-bond acceptors (Lipinski definition) is 3. The number of carboxylic acid groups (broad SMARTS) is 1. The number of carboxylic acids is 1. The van der Waals surface area contributed by atoms with Crippen molar-refractivity contribution in [1.82, 2.24) is 5.32 Å². The lowest BCUT2D eigenvalue weighted by atomic mass is 10.1. The summed E-state index contributed by atoms with van der Waals surface area (Å²) in [6.45, 7) is 1.78. The van der Waals surface area contributed by atoms with Gasteiger partial charge in [0.05, 0.1) is 11.7 Å². The Labute approximate surface area is 141 Å². The Kier molecular flexibility index (Phi) is 6.28. The average molecular weight is 340 g/mol. The van der Waals surface area contributed by atoms with Crippen LogP contribution in [0.2, 0.25) is 5.02 Å². The number of nitrogens with one attached hydrogen (secondary N) is 1. The molecule has 0 heterocycles. The van der Waals surface area contributed by atoms with Crippen molar-refractivity contribution in [2.45, 2.75) is 57.6 Å². The van der Waals surface area contributed by atoms with Crippen molar-refractivity contribution < 1.29 is 19.4 Å². The van der Waals surface area contributed by atoms with Crippen LogP contribution in [0.15, 0.2) is 18.2 Å². The van der Waals surface area contributed by atoms with Crippen molar-refractivity contribution in [3.05, 3.63) is 28.8 Å². The quantitative estimate of drug-likeness (QED) is 0.795. The van der Waals surface area contributed by atoms with E-state index in [0.717, 1.165) is 25.7 Å². The first-order chi connectivity index (χ1) is 11.0. The summed E-state index contributed by atoms with van der Waals surface area (Å²) >= 11 is 6.00. The minimum absolute atomic E-state index is 0.0163. The first-order valence-electron chi connectivity index (χ1n) is 7.94. The van der Waals surface area contributed by atoms with Crippen molar-refractivity contribution in [3.63, 3.8) is 0 Å². The van der Waals surface area contributed by atoms with Crippen molar-refractivity contribution in [1.29, 1.82) is 0 Å². The van der Waals surface area contributed by atoms with E-state index in [1.807, 2.05) is 0 Å². The third-order valence-corrected chi connectivity index (χ3v) is 4.19. The highest BCUT2D eigenvalue weighted by molar-refractivity contribution is 6.31. The van der Waals surface area contributed by atoms with E-state index in [1.54, 1.807) is 25.1 Å². The van der Waals surface area contributed by atoms with Gasteiger partial charge in [-0.1, -0.05) is 11.6 Å². The molecule has 0 bridgehead atoms. The first kappa shape index (κ1) is 17.6. The van der Waals surface area contributed by atoms with Crippen LogP contribution in [0.5, 0.6) is 5.75 Å². The van der Waals surface area contributed by atoms with Gasteiger partial charge < -0.3 is 15.2 Å². The molecule has 1 unspecified atom stereocenters. The highest BCUT2D eigenvalue weighted by atomic mass is 35.5. The summed E-state index contributed by atoms with van der Waals surface area (Å²) in [4.78, 5) is 23.1. The Morgan fingerprint density at radius 3 is 2.74 bits per heavy atom. The number of ether oxygens (including phenoxy) is 1. The Morgan fingerprint density at radius 1 is 1.39 bits per heavy atom. The number of hydrogen-bond donors (Lipinski definition) is 2. The molecule has 1 aliphatic rings. The molecule has 1 aromatic carbocycles. The van der Waals surface area contributed by atoms with Gasteiger partial charge in [-0.05, 0) is 57.2 Å². The predicted molar refractivity (Wildman–Crippen MR) is 88.1 cm³/mol. The van der Waals surface area contributed by atoms with Gasteiger partial charge in [-0.2, -0.15) is 0 Å². The molecule has 2 N–H and O–H groups in total. The van der Waals surface area contributed by atoms with Crippen LogP contribution in [0, 0.1) is 0 Å². The molecular weight excluding hydrogens is 318 g/mol. The summed E-state index contributed by atoms with van der Waals surface area (Å²) in [5, 5.41) is 12.0. The molecule has 1 aromatic rings. The number of amides is 1. The van der Waals surface area contributed by atoms with Crippen molar-refractivity contribution in [2.24, 2.45) is 0 Å². The second kappa shape index (κ2) is 8.20. The Bertz CT molecular complexity index is 570. The Balaban J connectivity index is 2.05. The Morgan fingerprint density at radius 2 is 2.09 bits per heavy atom. The number of carbonyl (C=O) groups is 2. The highest BCUT2D eigenvalue weighted by Gasteiger charge is 2.21. The van der Waals surface area contributed by atoms with Crippen LogP contribution >= 0.6 is 11.6 Å². The topological polar surface area (TPSA) is 75.6 Å². The summed E-state index contributed by atoms with van der Waals surface area (Å²) in [5.74, 6) is -0.637. The van der Waals surface area contributed by atoms with Crippen LogP contribution in [0.25, 0.3) is 0 Å². The van der Waals surface area contributed by atoms with E-state index in [2.05, 4.69) is 5.32 Å².